The van der Waals surface area contributed by atoms with Crippen LogP contribution in [0.1, 0.15) is 32.6 Å². The molecule has 0 radical (unpaired) electrons. The summed E-state index contributed by atoms with van der Waals surface area (Å²) in [5.41, 5.74) is 0. The summed E-state index contributed by atoms with van der Waals surface area (Å²) in [5.74, 6) is 0.326. The molecule has 1 aliphatic heterocycles. The minimum atomic E-state index is 0.243. The number of rotatable bonds is 3. The summed E-state index contributed by atoms with van der Waals surface area (Å²) in [6.07, 6.45) is 3.73. The van der Waals surface area contributed by atoms with Crippen molar-refractivity contribution in [1.29, 1.82) is 0 Å². The summed E-state index contributed by atoms with van der Waals surface area (Å²) in [4.78, 5) is 10.9. The molecule has 1 heterocycles. The Morgan fingerprint density at radius 2 is 2.50 bits per heavy atom. The van der Waals surface area contributed by atoms with E-state index in [1.165, 1.54) is 0 Å². The van der Waals surface area contributed by atoms with Gasteiger partial charge in [0.1, 0.15) is 5.78 Å². The van der Waals surface area contributed by atoms with Crippen molar-refractivity contribution >= 4 is 5.78 Å². The molecule has 0 aromatic heterocycles. The van der Waals surface area contributed by atoms with Crippen LogP contribution in [-0.4, -0.2) is 18.5 Å². The standard InChI is InChI=1S/C8H14O2/c1-2-7(9)6-8-4-3-5-10-8/h8H,2-6H2,1H3/t8-/m1/s1. The Morgan fingerprint density at radius 1 is 1.70 bits per heavy atom. The Bertz CT molecular complexity index is 114. The second-order valence-corrected chi connectivity index (χ2v) is 2.73. The SMILES string of the molecule is CCC(=O)C[C@H]1CCCO1. The van der Waals surface area contributed by atoms with Gasteiger partial charge in [-0.3, -0.25) is 4.79 Å². The van der Waals surface area contributed by atoms with Crippen molar-refractivity contribution in [3.8, 4) is 0 Å². The minimum absolute atomic E-state index is 0.243. The number of ether oxygens (including phenoxy) is 1. The third-order valence-electron chi connectivity index (χ3n) is 1.87. The lowest BCUT2D eigenvalue weighted by molar-refractivity contribution is -0.120. The molecule has 58 valence electrons. The van der Waals surface area contributed by atoms with Crippen molar-refractivity contribution in [2.45, 2.75) is 38.7 Å². The van der Waals surface area contributed by atoms with E-state index in [0.717, 1.165) is 19.4 Å². The summed E-state index contributed by atoms with van der Waals surface area (Å²) in [5, 5.41) is 0. The maximum atomic E-state index is 10.9. The van der Waals surface area contributed by atoms with E-state index in [1.807, 2.05) is 6.92 Å². The summed E-state index contributed by atoms with van der Waals surface area (Å²) in [6.45, 7) is 2.75. The lowest BCUT2D eigenvalue weighted by atomic mass is 10.1. The Labute approximate surface area is 61.6 Å². The molecule has 0 aliphatic carbocycles. The van der Waals surface area contributed by atoms with Crippen LogP contribution in [0.25, 0.3) is 0 Å². The Hall–Kier alpha value is -0.370. The van der Waals surface area contributed by atoms with Crippen LogP contribution < -0.4 is 0 Å². The maximum absolute atomic E-state index is 10.9. The van der Waals surface area contributed by atoms with Crippen LogP contribution in [0, 0.1) is 0 Å². The third kappa shape index (κ3) is 2.10. The largest absolute Gasteiger partial charge is 0.378 e. The van der Waals surface area contributed by atoms with E-state index < -0.39 is 0 Å². The number of hydrogen-bond donors (Lipinski definition) is 0. The second-order valence-electron chi connectivity index (χ2n) is 2.73. The molecular weight excluding hydrogens is 128 g/mol. The molecule has 2 nitrogen and oxygen atoms in total. The molecule has 10 heavy (non-hydrogen) atoms. The molecule has 1 saturated heterocycles. The first-order chi connectivity index (χ1) is 4.83. The normalized spacial score (nSPS) is 25.1. The Balaban J connectivity index is 2.17. The minimum Gasteiger partial charge on any atom is -0.378 e. The number of Topliss-reactive ketones (excluding diaryl/α,β-unsaturated/α-hetero) is 1. The highest BCUT2D eigenvalue weighted by Gasteiger charge is 2.17. The van der Waals surface area contributed by atoms with Crippen molar-refractivity contribution in [1.82, 2.24) is 0 Å². The van der Waals surface area contributed by atoms with Crippen LogP contribution in [0.15, 0.2) is 0 Å². The van der Waals surface area contributed by atoms with Crippen LogP contribution in [0.2, 0.25) is 0 Å². The lowest BCUT2D eigenvalue weighted by Gasteiger charge is -2.05. The van der Waals surface area contributed by atoms with Gasteiger partial charge in [-0.1, -0.05) is 6.92 Å². The number of ketones is 1. The summed E-state index contributed by atoms with van der Waals surface area (Å²) in [7, 11) is 0. The van der Waals surface area contributed by atoms with Crippen molar-refractivity contribution in [2.24, 2.45) is 0 Å². The molecular formula is C8H14O2. The van der Waals surface area contributed by atoms with Gasteiger partial charge in [-0.25, -0.2) is 0 Å². The van der Waals surface area contributed by atoms with Crippen molar-refractivity contribution in [2.75, 3.05) is 6.61 Å². The first kappa shape index (κ1) is 7.73. The zero-order chi connectivity index (χ0) is 7.40. The molecule has 0 unspecified atom stereocenters. The van der Waals surface area contributed by atoms with Crippen molar-refractivity contribution in [3.05, 3.63) is 0 Å². The van der Waals surface area contributed by atoms with Gasteiger partial charge in [-0.2, -0.15) is 0 Å². The first-order valence-electron chi connectivity index (χ1n) is 3.96. The van der Waals surface area contributed by atoms with Crippen molar-refractivity contribution in [3.63, 3.8) is 0 Å². The van der Waals surface area contributed by atoms with E-state index in [4.69, 9.17) is 4.74 Å². The fourth-order valence-electron chi connectivity index (χ4n) is 1.20. The number of hydrogen-bond acceptors (Lipinski definition) is 2. The molecule has 0 aromatic carbocycles. The second kappa shape index (κ2) is 3.71. The highest BCUT2D eigenvalue weighted by Crippen LogP contribution is 2.15. The van der Waals surface area contributed by atoms with E-state index >= 15 is 0 Å². The van der Waals surface area contributed by atoms with Gasteiger partial charge in [0.2, 0.25) is 0 Å². The summed E-state index contributed by atoms with van der Waals surface area (Å²) < 4.78 is 5.30. The average molecular weight is 142 g/mol. The predicted octanol–water partition coefficient (Wildman–Crippen LogP) is 1.53. The van der Waals surface area contributed by atoms with Crippen LogP contribution in [0.5, 0.6) is 0 Å². The molecule has 0 aromatic rings. The highest BCUT2D eigenvalue weighted by molar-refractivity contribution is 5.78. The van der Waals surface area contributed by atoms with Crippen molar-refractivity contribution < 1.29 is 9.53 Å². The topological polar surface area (TPSA) is 26.3 Å². The predicted molar refractivity (Wildman–Crippen MR) is 38.9 cm³/mol. The number of carbonyl (C=O) groups excluding carboxylic acids is 1. The molecule has 2 heteroatoms. The van der Waals surface area contributed by atoms with Gasteiger partial charge in [0, 0.05) is 19.4 Å². The van der Waals surface area contributed by atoms with E-state index in [1.54, 1.807) is 0 Å². The summed E-state index contributed by atoms with van der Waals surface area (Å²) in [6, 6.07) is 0. The van der Waals surface area contributed by atoms with E-state index in [2.05, 4.69) is 0 Å². The molecule has 0 amide bonds. The third-order valence-corrected chi connectivity index (χ3v) is 1.87. The smallest absolute Gasteiger partial charge is 0.135 e. The molecule has 1 atom stereocenters. The molecule has 1 aliphatic rings. The van der Waals surface area contributed by atoms with Crippen LogP contribution >= 0.6 is 0 Å². The van der Waals surface area contributed by atoms with Crippen LogP contribution in [0.4, 0.5) is 0 Å². The average Bonchev–Trinajstić information content (AvgIpc) is 2.40. The van der Waals surface area contributed by atoms with Gasteiger partial charge in [-0.15, -0.1) is 0 Å². The van der Waals surface area contributed by atoms with Gasteiger partial charge in [-0.05, 0) is 12.8 Å². The van der Waals surface area contributed by atoms with E-state index in [-0.39, 0.29) is 6.10 Å². The molecule has 0 bridgehead atoms. The molecule has 1 rings (SSSR count). The Morgan fingerprint density at radius 3 is 3.00 bits per heavy atom. The highest BCUT2D eigenvalue weighted by atomic mass is 16.5. The molecule has 0 saturated carbocycles. The van der Waals surface area contributed by atoms with Gasteiger partial charge >= 0.3 is 0 Å². The zero-order valence-electron chi connectivity index (χ0n) is 6.43. The van der Waals surface area contributed by atoms with Crippen LogP contribution in [-0.2, 0) is 9.53 Å². The number of carbonyl (C=O) groups is 1. The van der Waals surface area contributed by atoms with Gasteiger partial charge in [0.05, 0.1) is 6.10 Å². The molecule has 1 fully saturated rings. The maximum Gasteiger partial charge on any atom is 0.135 e. The molecule has 0 spiro atoms. The van der Waals surface area contributed by atoms with E-state index in [0.29, 0.717) is 18.6 Å². The van der Waals surface area contributed by atoms with E-state index in [9.17, 15) is 4.79 Å². The quantitative estimate of drug-likeness (QED) is 0.597. The fraction of sp³-hybridized carbons (Fsp3) is 0.875. The monoisotopic (exact) mass is 142 g/mol. The fourth-order valence-corrected chi connectivity index (χ4v) is 1.20. The van der Waals surface area contributed by atoms with Gasteiger partial charge < -0.3 is 4.74 Å². The molecule has 0 N–H and O–H groups in total. The zero-order valence-corrected chi connectivity index (χ0v) is 6.43. The first-order valence-corrected chi connectivity index (χ1v) is 3.96. The van der Waals surface area contributed by atoms with Gasteiger partial charge in [0.25, 0.3) is 0 Å². The lowest BCUT2D eigenvalue weighted by Crippen LogP contribution is -2.11. The van der Waals surface area contributed by atoms with Crippen LogP contribution in [0.3, 0.4) is 0 Å². The summed E-state index contributed by atoms with van der Waals surface area (Å²) >= 11 is 0. The Kier molecular flexibility index (Phi) is 2.87. The van der Waals surface area contributed by atoms with Gasteiger partial charge in [0.15, 0.2) is 0 Å².